The normalized spacial score (nSPS) is 11.8. The Morgan fingerprint density at radius 1 is 1.35 bits per heavy atom. The van der Waals surface area contributed by atoms with Crippen molar-refractivity contribution in [1.29, 1.82) is 0 Å². The molecular formula is C17H23N3O2S. The van der Waals surface area contributed by atoms with Crippen LogP contribution >= 0.6 is 11.3 Å². The molecule has 0 fully saturated rings. The van der Waals surface area contributed by atoms with Crippen LogP contribution in [0.3, 0.4) is 0 Å². The predicted octanol–water partition coefficient (Wildman–Crippen LogP) is 3.28. The summed E-state index contributed by atoms with van der Waals surface area (Å²) in [6, 6.07) is 7.97. The second kappa shape index (κ2) is 8.53. The maximum Gasteiger partial charge on any atom is 0.315 e. The fraction of sp³-hybridized carbons (Fsp3) is 0.412. The summed E-state index contributed by atoms with van der Waals surface area (Å²) in [5.41, 5.74) is 1.23. The van der Waals surface area contributed by atoms with Crippen molar-refractivity contribution in [2.45, 2.75) is 39.3 Å². The van der Waals surface area contributed by atoms with Crippen molar-refractivity contribution in [3.05, 3.63) is 45.9 Å². The van der Waals surface area contributed by atoms with Gasteiger partial charge in [-0.1, -0.05) is 12.1 Å². The third-order valence-corrected chi connectivity index (χ3v) is 4.38. The number of methoxy groups -OCH3 is 1. The summed E-state index contributed by atoms with van der Waals surface area (Å²) in [7, 11) is 1.66. The average Bonchev–Trinajstić information content (AvgIpc) is 2.97. The van der Waals surface area contributed by atoms with Gasteiger partial charge in [-0.25, -0.2) is 9.78 Å². The second-order valence-electron chi connectivity index (χ2n) is 5.48. The van der Waals surface area contributed by atoms with E-state index in [-0.39, 0.29) is 12.1 Å². The first-order valence-electron chi connectivity index (χ1n) is 7.65. The second-order valence-corrected chi connectivity index (χ2v) is 6.80. The van der Waals surface area contributed by atoms with E-state index in [1.807, 2.05) is 32.2 Å². The maximum absolute atomic E-state index is 11.9. The highest BCUT2D eigenvalue weighted by Gasteiger charge is 2.08. The zero-order valence-corrected chi connectivity index (χ0v) is 14.6. The minimum Gasteiger partial charge on any atom is -0.497 e. The lowest BCUT2D eigenvalue weighted by atomic mass is 10.1. The van der Waals surface area contributed by atoms with Crippen LogP contribution in [0.5, 0.6) is 5.75 Å². The van der Waals surface area contributed by atoms with Crippen LogP contribution in [-0.2, 0) is 13.0 Å². The first-order valence-corrected chi connectivity index (χ1v) is 8.47. The van der Waals surface area contributed by atoms with Gasteiger partial charge in [0.15, 0.2) is 0 Å². The minimum atomic E-state index is -0.153. The Kier molecular flexibility index (Phi) is 6.40. The Morgan fingerprint density at radius 2 is 2.09 bits per heavy atom. The van der Waals surface area contributed by atoms with Crippen LogP contribution in [0.2, 0.25) is 0 Å². The van der Waals surface area contributed by atoms with E-state index in [4.69, 9.17) is 4.74 Å². The number of rotatable bonds is 7. The highest BCUT2D eigenvalue weighted by Crippen LogP contribution is 2.13. The van der Waals surface area contributed by atoms with Crippen molar-refractivity contribution in [2.24, 2.45) is 0 Å². The fourth-order valence-electron chi connectivity index (χ4n) is 2.16. The summed E-state index contributed by atoms with van der Waals surface area (Å²) in [4.78, 5) is 17.2. The van der Waals surface area contributed by atoms with E-state index >= 15 is 0 Å². The number of amides is 2. The summed E-state index contributed by atoms with van der Waals surface area (Å²) < 4.78 is 5.14. The number of carbonyl (C=O) groups excluding carboxylic acids is 1. The van der Waals surface area contributed by atoms with Crippen molar-refractivity contribution in [3.63, 3.8) is 0 Å². The molecule has 0 bridgehead atoms. The highest BCUT2D eigenvalue weighted by atomic mass is 32.1. The number of hydrogen-bond acceptors (Lipinski definition) is 4. The number of nitrogens with zero attached hydrogens (tertiary/aromatic N) is 1. The van der Waals surface area contributed by atoms with E-state index in [0.29, 0.717) is 6.54 Å². The van der Waals surface area contributed by atoms with E-state index in [1.165, 1.54) is 5.56 Å². The third kappa shape index (κ3) is 5.90. The lowest BCUT2D eigenvalue weighted by Gasteiger charge is -2.14. The van der Waals surface area contributed by atoms with Crippen molar-refractivity contribution in [2.75, 3.05) is 7.11 Å². The van der Waals surface area contributed by atoms with Crippen LogP contribution in [0.1, 0.15) is 28.8 Å². The van der Waals surface area contributed by atoms with Crippen molar-refractivity contribution < 1.29 is 9.53 Å². The van der Waals surface area contributed by atoms with Crippen LogP contribution in [-0.4, -0.2) is 24.2 Å². The van der Waals surface area contributed by atoms with E-state index in [9.17, 15) is 4.79 Å². The van der Waals surface area contributed by atoms with Gasteiger partial charge in [-0.05, 0) is 44.4 Å². The number of aromatic nitrogens is 1. The molecule has 1 aromatic carbocycles. The van der Waals surface area contributed by atoms with Gasteiger partial charge in [-0.15, -0.1) is 11.3 Å². The van der Waals surface area contributed by atoms with Gasteiger partial charge in [0, 0.05) is 17.1 Å². The van der Waals surface area contributed by atoms with Crippen molar-refractivity contribution >= 4 is 17.4 Å². The molecule has 2 amide bonds. The van der Waals surface area contributed by atoms with Gasteiger partial charge in [-0.2, -0.15) is 0 Å². The molecule has 0 spiro atoms. The number of thiazole rings is 1. The lowest BCUT2D eigenvalue weighted by molar-refractivity contribution is 0.237. The van der Waals surface area contributed by atoms with Crippen LogP contribution < -0.4 is 15.4 Å². The maximum atomic E-state index is 11.9. The largest absolute Gasteiger partial charge is 0.497 e. The standard InChI is InChI=1S/C17H23N3O2S/c1-12(4-5-14-6-8-15(22-3)9-7-14)20-17(21)19-11-16-18-10-13(2)23-16/h6-10,12H,4-5,11H2,1-3H3,(H2,19,20,21). The Hall–Kier alpha value is -2.08. The SMILES string of the molecule is COc1ccc(CCC(C)NC(=O)NCc2ncc(C)s2)cc1. The molecule has 2 rings (SSSR count). The van der Waals surface area contributed by atoms with Crippen LogP contribution in [0.4, 0.5) is 4.79 Å². The summed E-state index contributed by atoms with van der Waals surface area (Å²) >= 11 is 1.60. The molecule has 124 valence electrons. The van der Waals surface area contributed by atoms with Gasteiger partial charge in [0.05, 0.1) is 13.7 Å². The topological polar surface area (TPSA) is 63.2 Å². The molecule has 5 nitrogen and oxygen atoms in total. The summed E-state index contributed by atoms with van der Waals surface area (Å²) in [6.45, 7) is 4.48. The van der Waals surface area contributed by atoms with Crippen LogP contribution in [0.25, 0.3) is 0 Å². The Bertz CT molecular complexity index is 625. The monoisotopic (exact) mass is 333 g/mol. The number of aryl methyl sites for hydroxylation is 2. The molecule has 6 heteroatoms. The molecular weight excluding hydrogens is 310 g/mol. The number of ether oxygens (including phenoxy) is 1. The summed E-state index contributed by atoms with van der Waals surface area (Å²) in [5, 5.41) is 6.71. The van der Waals surface area contributed by atoms with Crippen LogP contribution in [0, 0.1) is 6.92 Å². The zero-order valence-electron chi connectivity index (χ0n) is 13.8. The Balaban J connectivity index is 1.68. The Morgan fingerprint density at radius 3 is 2.70 bits per heavy atom. The number of nitrogens with one attached hydrogen (secondary N) is 2. The van der Waals surface area contributed by atoms with E-state index in [0.717, 1.165) is 28.5 Å². The molecule has 2 aromatic rings. The van der Waals surface area contributed by atoms with Gasteiger partial charge in [0.1, 0.15) is 10.8 Å². The van der Waals surface area contributed by atoms with Gasteiger partial charge in [0.2, 0.25) is 0 Å². The quantitative estimate of drug-likeness (QED) is 0.817. The molecule has 0 radical (unpaired) electrons. The van der Waals surface area contributed by atoms with Crippen LogP contribution in [0.15, 0.2) is 30.5 Å². The summed E-state index contributed by atoms with van der Waals surface area (Å²) in [5.74, 6) is 0.858. The van der Waals surface area contributed by atoms with Gasteiger partial charge in [-0.3, -0.25) is 0 Å². The van der Waals surface area contributed by atoms with E-state index < -0.39 is 0 Å². The minimum absolute atomic E-state index is 0.107. The zero-order chi connectivity index (χ0) is 16.7. The molecule has 1 heterocycles. The molecule has 0 saturated heterocycles. The van der Waals surface area contributed by atoms with E-state index in [1.54, 1.807) is 18.4 Å². The third-order valence-electron chi connectivity index (χ3n) is 3.47. The molecule has 1 aromatic heterocycles. The fourth-order valence-corrected chi connectivity index (χ4v) is 2.89. The van der Waals surface area contributed by atoms with Crippen molar-refractivity contribution in [1.82, 2.24) is 15.6 Å². The molecule has 0 saturated carbocycles. The summed E-state index contributed by atoms with van der Waals surface area (Å²) in [6.07, 6.45) is 3.62. The van der Waals surface area contributed by atoms with Crippen molar-refractivity contribution in [3.8, 4) is 5.75 Å². The number of benzene rings is 1. The first kappa shape index (κ1) is 17.3. The predicted molar refractivity (Wildman–Crippen MR) is 93.0 cm³/mol. The van der Waals surface area contributed by atoms with Gasteiger partial charge in [0.25, 0.3) is 0 Å². The Labute approximate surface area is 141 Å². The van der Waals surface area contributed by atoms with Gasteiger partial charge >= 0.3 is 6.03 Å². The van der Waals surface area contributed by atoms with Gasteiger partial charge < -0.3 is 15.4 Å². The lowest BCUT2D eigenvalue weighted by Crippen LogP contribution is -2.40. The van der Waals surface area contributed by atoms with E-state index in [2.05, 4.69) is 27.8 Å². The number of carbonyl (C=O) groups is 1. The molecule has 1 unspecified atom stereocenters. The number of urea groups is 1. The first-order chi connectivity index (χ1) is 11.1. The smallest absolute Gasteiger partial charge is 0.315 e. The molecule has 0 aliphatic heterocycles. The number of hydrogen-bond donors (Lipinski definition) is 2. The molecule has 23 heavy (non-hydrogen) atoms. The molecule has 2 N–H and O–H groups in total. The highest BCUT2D eigenvalue weighted by molar-refractivity contribution is 7.11. The molecule has 0 aliphatic carbocycles. The molecule has 1 atom stereocenters. The average molecular weight is 333 g/mol. The molecule has 0 aliphatic rings.